The quantitative estimate of drug-likeness (QED) is 0.613. The molecular formula is C20H18BrN3O3. The molecule has 0 radical (unpaired) electrons. The van der Waals surface area contributed by atoms with E-state index in [2.05, 4.69) is 26.1 Å². The molecule has 0 saturated carbocycles. The summed E-state index contributed by atoms with van der Waals surface area (Å²) in [6, 6.07) is 14.7. The Bertz CT molecular complexity index is 955. The second-order valence-corrected chi connectivity index (χ2v) is 7.27. The van der Waals surface area contributed by atoms with Crippen molar-refractivity contribution in [3.05, 3.63) is 64.5 Å². The van der Waals surface area contributed by atoms with E-state index < -0.39 is 0 Å². The lowest BCUT2D eigenvalue weighted by Crippen LogP contribution is -2.30. The van der Waals surface area contributed by atoms with E-state index in [0.717, 1.165) is 28.6 Å². The maximum Gasteiger partial charge on any atom is 0.254 e. The van der Waals surface area contributed by atoms with Crippen LogP contribution < -0.4 is 4.74 Å². The maximum atomic E-state index is 12.9. The molecule has 2 aromatic carbocycles. The first-order chi connectivity index (χ1) is 13.2. The Morgan fingerprint density at radius 3 is 2.85 bits per heavy atom. The van der Waals surface area contributed by atoms with Crippen LogP contribution in [0.3, 0.4) is 0 Å². The van der Waals surface area contributed by atoms with Crippen LogP contribution >= 0.6 is 15.9 Å². The van der Waals surface area contributed by atoms with Gasteiger partial charge in [0.1, 0.15) is 11.8 Å². The third-order valence-electron chi connectivity index (χ3n) is 4.66. The summed E-state index contributed by atoms with van der Waals surface area (Å²) < 4.78 is 11.7. The molecular weight excluding hydrogens is 410 g/mol. The fraction of sp³-hybridized carbons (Fsp3) is 0.250. The lowest BCUT2D eigenvalue weighted by Gasteiger charge is -2.21. The Labute approximate surface area is 165 Å². The highest BCUT2D eigenvalue weighted by Gasteiger charge is 2.34. The molecule has 2 heterocycles. The molecule has 1 aromatic heterocycles. The van der Waals surface area contributed by atoms with E-state index in [1.54, 1.807) is 7.11 Å². The molecule has 0 bridgehead atoms. The highest BCUT2D eigenvalue weighted by Crippen LogP contribution is 2.33. The van der Waals surface area contributed by atoms with Crippen LogP contribution in [0.25, 0.3) is 11.4 Å². The van der Waals surface area contributed by atoms with E-state index in [-0.39, 0.29) is 11.9 Å². The average molecular weight is 428 g/mol. The van der Waals surface area contributed by atoms with E-state index in [4.69, 9.17) is 9.26 Å². The van der Waals surface area contributed by atoms with Gasteiger partial charge in [-0.05, 0) is 49.2 Å². The van der Waals surface area contributed by atoms with Gasteiger partial charge in [-0.2, -0.15) is 4.98 Å². The van der Waals surface area contributed by atoms with E-state index >= 15 is 0 Å². The molecule has 1 fully saturated rings. The fourth-order valence-electron chi connectivity index (χ4n) is 3.27. The van der Waals surface area contributed by atoms with E-state index in [0.29, 0.717) is 23.8 Å². The van der Waals surface area contributed by atoms with E-state index in [9.17, 15) is 4.79 Å². The standard InChI is InChI=1S/C20H18BrN3O3/c1-26-16-5-2-4-14(12-16)18-22-19(27-23-18)17-6-3-11-24(17)20(25)13-7-9-15(21)10-8-13/h2,4-5,7-10,12,17H,3,6,11H2,1H3. The first-order valence-electron chi connectivity index (χ1n) is 8.70. The zero-order valence-corrected chi connectivity index (χ0v) is 16.3. The molecule has 1 aliphatic heterocycles. The smallest absolute Gasteiger partial charge is 0.254 e. The molecule has 27 heavy (non-hydrogen) atoms. The van der Waals surface area contributed by atoms with Crippen molar-refractivity contribution in [1.29, 1.82) is 0 Å². The van der Waals surface area contributed by atoms with Crippen molar-refractivity contribution in [2.24, 2.45) is 0 Å². The van der Waals surface area contributed by atoms with Crippen LogP contribution in [-0.4, -0.2) is 34.6 Å². The van der Waals surface area contributed by atoms with Crippen molar-refractivity contribution in [3.63, 3.8) is 0 Å². The van der Waals surface area contributed by atoms with Gasteiger partial charge in [-0.15, -0.1) is 0 Å². The number of hydrogen-bond acceptors (Lipinski definition) is 5. The number of carbonyl (C=O) groups excluding carboxylic acids is 1. The molecule has 1 unspecified atom stereocenters. The molecule has 1 atom stereocenters. The second kappa shape index (κ2) is 7.52. The number of likely N-dealkylation sites (tertiary alicyclic amines) is 1. The van der Waals surface area contributed by atoms with Crippen LogP contribution in [0.4, 0.5) is 0 Å². The molecule has 0 spiro atoms. The molecule has 6 nitrogen and oxygen atoms in total. The Hall–Kier alpha value is -2.67. The first-order valence-corrected chi connectivity index (χ1v) is 9.49. The van der Waals surface area contributed by atoms with E-state index in [1.807, 2.05) is 53.4 Å². The summed E-state index contributed by atoms with van der Waals surface area (Å²) >= 11 is 3.39. The van der Waals surface area contributed by atoms with Crippen molar-refractivity contribution >= 4 is 21.8 Å². The number of carbonyl (C=O) groups is 1. The number of ether oxygens (including phenoxy) is 1. The van der Waals surface area contributed by atoms with Gasteiger partial charge in [-0.3, -0.25) is 4.79 Å². The lowest BCUT2D eigenvalue weighted by atomic mass is 10.1. The summed E-state index contributed by atoms with van der Waals surface area (Å²) in [4.78, 5) is 19.3. The third-order valence-corrected chi connectivity index (χ3v) is 5.19. The highest BCUT2D eigenvalue weighted by molar-refractivity contribution is 9.10. The normalized spacial score (nSPS) is 16.5. The van der Waals surface area contributed by atoms with Crippen LogP contribution in [-0.2, 0) is 0 Å². The predicted molar refractivity (Wildman–Crippen MR) is 103 cm³/mol. The number of halogens is 1. The topological polar surface area (TPSA) is 68.5 Å². The average Bonchev–Trinajstić information content (AvgIpc) is 3.37. The zero-order chi connectivity index (χ0) is 18.8. The van der Waals surface area contributed by atoms with Gasteiger partial charge < -0.3 is 14.2 Å². The van der Waals surface area contributed by atoms with Crippen LogP contribution in [0.1, 0.15) is 35.1 Å². The summed E-state index contributed by atoms with van der Waals surface area (Å²) in [6.07, 6.45) is 1.71. The van der Waals surface area contributed by atoms with Crippen LogP contribution in [0.15, 0.2) is 57.5 Å². The van der Waals surface area contributed by atoms with Gasteiger partial charge in [-0.25, -0.2) is 0 Å². The Balaban J connectivity index is 1.58. The zero-order valence-electron chi connectivity index (χ0n) is 14.8. The lowest BCUT2D eigenvalue weighted by molar-refractivity contribution is 0.0710. The van der Waals surface area contributed by atoms with Crippen LogP contribution in [0, 0.1) is 0 Å². The van der Waals surface area contributed by atoms with Crippen molar-refractivity contribution < 1.29 is 14.1 Å². The number of methoxy groups -OCH3 is 1. The minimum absolute atomic E-state index is 0.0221. The molecule has 3 aromatic rings. The number of benzene rings is 2. The highest BCUT2D eigenvalue weighted by atomic mass is 79.9. The molecule has 0 aliphatic carbocycles. The molecule has 1 saturated heterocycles. The third kappa shape index (κ3) is 3.60. The van der Waals surface area contributed by atoms with Gasteiger partial charge >= 0.3 is 0 Å². The number of hydrogen-bond donors (Lipinski definition) is 0. The molecule has 138 valence electrons. The van der Waals surface area contributed by atoms with Crippen molar-refractivity contribution in [3.8, 4) is 17.1 Å². The maximum absolute atomic E-state index is 12.9. The molecule has 4 rings (SSSR count). The SMILES string of the molecule is COc1cccc(-c2noc(C3CCCN3C(=O)c3ccc(Br)cc3)n2)c1. The molecule has 1 aliphatic rings. The largest absolute Gasteiger partial charge is 0.497 e. The van der Waals surface area contributed by atoms with Crippen LogP contribution in [0.5, 0.6) is 5.75 Å². The van der Waals surface area contributed by atoms with Gasteiger partial charge in [0.2, 0.25) is 11.7 Å². The van der Waals surface area contributed by atoms with Crippen molar-refractivity contribution in [1.82, 2.24) is 15.0 Å². The predicted octanol–water partition coefficient (Wildman–Crippen LogP) is 4.49. The first kappa shape index (κ1) is 17.7. The van der Waals surface area contributed by atoms with Crippen molar-refractivity contribution in [2.75, 3.05) is 13.7 Å². The molecule has 0 N–H and O–H groups in total. The summed E-state index contributed by atoms with van der Waals surface area (Å²) in [5.41, 5.74) is 1.46. The van der Waals surface area contributed by atoms with Crippen molar-refractivity contribution in [2.45, 2.75) is 18.9 Å². The summed E-state index contributed by atoms with van der Waals surface area (Å²) in [5.74, 6) is 1.67. The van der Waals surface area contributed by atoms with Gasteiger partial charge in [0.25, 0.3) is 5.91 Å². The molecule has 7 heteroatoms. The monoisotopic (exact) mass is 427 g/mol. The fourth-order valence-corrected chi connectivity index (χ4v) is 3.54. The van der Waals surface area contributed by atoms with Gasteiger partial charge in [0.15, 0.2) is 0 Å². The summed E-state index contributed by atoms with van der Waals surface area (Å²) in [5, 5.41) is 4.10. The minimum Gasteiger partial charge on any atom is -0.497 e. The van der Waals surface area contributed by atoms with Gasteiger partial charge in [0.05, 0.1) is 7.11 Å². The number of rotatable bonds is 4. The summed E-state index contributed by atoms with van der Waals surface area (Å²) in [6.45, 7) is 0.677. The Morgan fingerprint density at radius 1 is 1.26 bits per heavy atom. The Morgan fingerprint density at radius 2 is 2.07 bits per heavy atom. The minimum atomic E-state index is -0.201. The molecule has 1 amide bonds. The van der Waals surface area contributed by atoms with Gasteiger partial charge in [-0.1, -0.05) is 33.2 Å². The number of amides is 1. The number of nitrogens with zero attached hydrogens (tertiary/aromatic N) is 3. The van der Waals surface area contributed by atoms with Crippen LogP contribution in [0.2, 0.25) is 0 Å². The second-order valence-electron chi connectivity index (χ2n) is 6.35. The Kier molecular flexibility index (Phi) is 4.94. The summed E-state index contributed by atoms with van der Waals surface area (Å²) in [7, 11) is 1.62. The number of aromatic nitrogens is 2. The van der Waals surface area contributed by atoms with E-state index in [1.165, 1.54) is 0 Å². The van der Waals surface area contributed by atoms with Gasteiger partial charge in [0, 0.05) is 22.1 Å².